The summed E-state index contributed by atoms with van der Waals surface area (Å²) in [7, 11) is 0. The van der Waals surface area contributed by atoms with Crippen LogP contribution in [-0.2, 0) is 11.2 Å². The third kappa shape index (κ3) is 7.14. The number of hydrogen-bond acceptors (Lipinski definition) is 3. The molecule has 0 saturated heterocycles. The summed E-state index contributed by atoms with van der Waals surface area (Å²) in [5, 5.41) is 3.22. The van der Waals surface area contributed by atoms with Crippen LogP contribution in [0.15, 0.2) is 24.3 Å². The van der Waals surface area contributed by atoms with Crippen LogP contribution in [-0.4, -0.2) is 25.6 Å². The number of primary amides is 1. The highest BCUT2D eigenvalue weighted by molar-refractivity contribution is 5.73. The number of ether oxygens (including phenoxy) is 1. The molecule has 0 fully saturated rings. The summed E-state index contributed by atoms with van der Waals surface area (Å²) >= 11 is 0. The number of carbonyl (C=O) groups excluding carboxylic acids is 1. The van der Waals surface area contributed by atoms with E-state index in [1.54, 1.807) is 0 Å². The van der Waals surface area contributed by atoms with Crippen LogP contribution in [0, 0.1) is 5.92 Å². The first-order valence-electron chi connectivity index (χ1n) is 7.32. The normalized spacial score (nSPS) is 12.1. The second kappa shape index (κ2) is 9.37. The molecule has 1 amide bonds. The van der Waals surface area contributed by atoms with E-state index in [2.05, 4.69) is 31.3 Å². The summed E-state index contributed by atoms with van der Waals surface area (Å²) in [5.74, 6) is 1.14. The number of benzene rings is 1. The number of nitrogens with one attached hydrogen (secondary N) is 1. The van der Waals surface area contributed by atoms with Gasteiger partial charge in [0.05, 0.1) is 0 Å². The molecule has 0 bridgehead atoms. The van der Waals surface area contributed by atoms with Crippen LogP contribution in [0.4, 0.5) is 0 Å². The Morgan fingerprint density at radius 2 is 2.05 bits per heavy atom. The van der Waals surface area contributed by atoms with E-state index in [1.807, 2.05) is 12.1 Å². The van der Waals surface area contributed by atoms with Gasteiger partial charge in [0.1, 0.15) is 12.4 Å². The van der Waals surface area contributed by atoms with Crippen molar-refractivity contribution in [3.8, 4) is 5.75 Å². The van der Waals surface area contributed by atoms with Gasteiger partial charge in [0, 0.05) is 13.0 Å². The van der Waals surface area contributed by atoms with E-state index in [0.717, 1.165) is 31.7 Å². The van der Waals surface area contributed by atoms with E-state index in [-0.39, 0.29) is 5.91 Å². The zero-order chi connectivity index (χ0) is 14.8. The monoisotopic (exact) mass is 278 g/mol. The molecule has 0 aliphatic heterocycles. The van der Waals surface area contributed by atoms with E-state index in [9.17, 15) is 4.79 Å². The van der Waals surface area contributed by atoms with Crippen molar-refractivity contribution < 1.29 is 9.53 Å². The van der Waals surface area contributed by atoms with Crippen molar-refractivity contribution in [1.82, 2.24) is 5.32 Å². The maximum absolute atomic E-state index is 10.7. The lowest BCUT2D eigenvalue weighted by Crippen LogP contribution is -2.20. The van der Waals surface area contributed by atoms with Crippen molar-refractivity contribution in [3.63, 3.8) is 0 Å². The summed E-state index contributed by atoms with van der Waals surface area (Å²) in [6, 6.07) is 8.18. The summed E-state index contributed by atoms with van der Waals surface area (Å²) in [6.45, 7) is 6.73. The summed E-state index contributed by atoms with van der Waals surface area (Å²) < 4.78 is 5.62. The van der Waals surface area contributed by atoms with Gasteiger partial charge in [0.2, 0.25) is 5.91 Å². The predicted octanol–water partition coefficient (Wildman–Crippen LogP) is 2.12. The lowest BCUT2D eigenvalue weighted by atomic mass is 9.96. The van der Waals surface area contributed by atoms with Crippen LogP contribution in [0.25, 0.3) is 0 Å². The standard InChI is InChI=1S/C16H26N2O2/c1-3-18-10-11-20-15-7-5-14(6-8-15)12-13(2)4-9-16(17)19/h5-8,13,18H,3-4,9-12H2,1-2H3,(H2,17,19). The van der Waals surface area contributed by atoms with Crippen molar-refractivity contribution in [1.29, 1.82) is 0 Å². The Balaban J connectivity index is 2.32. The van der Waals surface area contributed by atoms with Crippen LogP contribution in [0.5, 0.6) is 5.75 Å². The zero-order valence-corrected chi connectivity index (χ0v) is 12.5. The largest absolute Gasteiger partial charge is 0.492 e. The number of nitrogens with two attached hydrogens (primary N) is 1. The minimum atomic E-state index is -0.221. The van der Waals surface area contributed by atoms with E-state index in [1.165, 1.54) is 5.56 Å². The topological polar surface area (TPSA) is 64.3 Å². The molecule has 1 atom stereocenters. The molecule has 1 rings (SSSR count). The van der Waals surface area contributed by atoms with Gasteiger partial charge in [-0.15, -0.1) is 0 Å². The number of hydrogen-bond donors (Lipinski definition) is 2. The molecule has 0 aromatic heterocycles. The number of rotatable bonds is 10. The van der Waals surface area contributed by atoms with Gasteiger partial charge in [0.25, 0.3) is 0 Å². The van der Waals surface area contributed by atoms with E-state index in [0.29, 0.717) is 18.9 Å². The van der Waals surface area contributed by atoms with Crippen molar-refractivity contribution in [2.75, 3.05) is 19.7 Å². The number of likely N-dealkylation sites (N-methyl/N-ethyl adjacent to an activating group) is 1. The fourth-order valence-corrected chi connectivity index (χ4v) is 2.03. The lowest BCUT2D eigenvalue weighted by molar-refractivity contribution is -0.118. The van der Waals surface area contributed by atoms with Gasteiger partial charge in [-0.1, -0.05) is 26.0 Å². The molecule has 0 spiro atoms. The Morgan fingerprint density at radius 3 is 2.65 bits per heavy atom. The molecule has 0 aliphatic carbocycles. The molecule has 1 unspecified atom stereocenters. The molecule has 20 heavy (non-hydrogen) atoms. The third-order valence-corrected chi connectivity index (χ3v) is 3.19. The molecular formula is C16H26N2O2. The van der Waals surface area contributed by atoms with Gasteiger partial charge in [-0.3, -0.25) is 4.79 Å². The van der Waals surface area contributed by atoms with Crippen LogP contribution in [0.3, 0.4) is 0 Å². The summed E-state index contributed by atoms with van der Waals surface area (Å²) in [6.07, 6.45) is 2.27. The minimum absolute atomic E-state index is 0.221. The van der Waals surface area contributed by atoms with Gasteiger partial charge in [-0.25, -0.2) is 0 Å². The fourth-order valence-electron chi connectivity index (χ4n) is 2.03. The fraction of sp³-hybridized carbons (Fsp3) is 0.562. The molecule has 4 heteroatoms. The van der Waals surface area contributed by atoms with Gasteiger partial charge in [-0.2, -0.15) is 0 Å². The van der Waals surface area contributed by atoms with Crippen LogP contribution < -0.4 is 15.8 Å². The average molecular weight is 278 g/mol. The van der Waals surface area contributed by atoms with Gasteiger partial charge >= 0.3 is 0 Å². The molecule has 0 radical (unpaired) electrons. The van der Waals surface area contributed by atoms with Gasteiger partial charge < -0.3 is 15.8 Å². The van der Waals surface area contributed by atoms with Crippen molar-refractivity contribution in [2.45, 2.75) is 33.1 Å². The summed E-state index contributed by atoms with van der Waals surface area (Å²) in [4.78, 5) is 10.7. The van der Waals surface area contributed by atoms with E-state index < -0.39 is 0 Å². The molecule has 0 saturated carbocycles. The quantitative estimate of drug-likeness (QED) is 0.644. The van der Waals surface area contributed by atoms with Gasteiger partial charge in [0.15, 0.2) is 0 Å². The SMILES string of the molecule is CCNCCOc1ccc(CC(C)CCC(N)=O)cc1. The Morgan fingerprint density at radius 1 is 1.35 bits per heavy atom. The molecule has 0 heterocycles. The third-order valence-electron chi connectivity index (χ3n) is 3.19. The molecule has 1 aromatic rings. The van der Waals surface area contributed by atoms with Crippen molar-refractivity contribution >= 4 is 5.91 Å². The van der Waals surface area contributed by atoms with Crippen molar-refractivity contribution in [2.24, 2.45) is 11.7 Å². The molecule has 3 N–H and O–H groups in total. The first-order chi connectivity index (χ1) is 9.61. The first kappa shape index (κ1) is 16.5. The summed E-state index contributed by atoms with van der Waals surface area (Å²) in [5.41, 5.74) is 6.43. The lowest BCUT2D eigenvalue weighted by Gasteiger charge is -2.11. The highest BCUT2D eigenvalue weighted by Crippen LogP contribution is 2.17. The molecule has 112 valence electrons. The van der Waals surface area contributed by atoms with Crippen molar-refractivity contribution in [3.05, 3.63) is 29.8 Å². The maximum atomic E-state index is 10.7. The number of amides is 1. The Hall–Kier alpha value is -1.55. The smallest absolute Gasteiger partial charge is 0.217 e. The molecule has 0 aliphatic rings. The van der Waals surface area contributed by atoms with Crippen LogP contribution in [0.2, 0.25) is 0 Å². The maximum Gasteiger partial charge on any atom is 0.217 e. The highest BCUT2D eigenvalue weighted by Gasteiger charge is 2.06. The molecular weight excluding hydrogens is 252 g/mol. The number of carbonyl (C=O) groups is 1. The van der Waals surface area contributed by atoms with Gasteiger partial charge in [-0.05, 0) is 43.0 Å². The zero-order valence-electron chi connectivity index (χ0n) is 12.5. The van der Waals surface area contributed by atoms with Crippen LogP contribution >= 0.6 is 0 Å². The van der Waals surface area contributed by atoms with E-state index in [4.69, 9.17) is 10.5 Å². The second-order valence-corrected chi connectivity index (χ2v) is 5.16. The Kier molecular flexibility index (Phi) is 7.73. The average Bonchev–Trinajstić information content (AvgIpc) is 2.43. The predicted molar refractivity (Wildman–Crippen MR) is 81.8 cm³/mol. The molecule has 1 aromatic carbocycles. The minimum Gasteiger partial charge on any atom is -0.492 e. The van der Waals surface area contributed by atoms with E-state index >= 15 is 0 Å². The van der Waals surface area contributed by atoms with Crippen LogP contribution in [0.1, 0.15) is 32.3 Å². The highest BCUT2D eigenvalue weighted by atomic mass is 16.5. The molecule has 4 nitrogen and oxygen atoms in total. The second-order valence-electron chi connectivity index (χ2n) is 5.16. The Labute approximate surface area is 121 Å². The first-order valence-corrected chi connectivity index (χ1v) is 7.32. The Bertz CT molecular complexity index is 390.